The van der Waals surface area contributed by atoms with Crippen LogP contribution < -0.4 is 5.32 Å². The van der Waals surface area contributed by atoms with Crippen LogP contribution in [0.25, 0.3) is 0 Å². The van der Waals surface area contributed by atoms with E-state index in [2.05, 4.69) is 5.32 Å². The minimum Gasteiger partial charge on any atom is -0.465 e. The Morgan fingerprint density at radius 3 is 2.36 bits per heavy atom. The molecule has 1 atom stereocenters. The highest BCUT2D eigenvalue weighted by Gasteiger charge is 2.23. The Morgan fingerprint density at radius 2 is 1.71 bits per heavy atom. The van der Waals surface area contributed by atoms with Crippen LogP contribution in [-0.2, 0) is 14.3 Å². The largest absolute Gasteiger partial charge is 0.465 e. The molecule has 0 aliphatic rings. The lowest BCUT2D eigenvalue weighted by Crippen LogP contribution is -2.37. The summed E-state index contributed by atoms with van der Waals surface area (Å²) < 4.78 is 4.87. The zero-order valence-electron chi connectivity index (χ0n) is 15.9. The van der Waals surface area contributed by atoms with E-state index in [0.29, 0.717) is 10.6 Å². The summed E-state index contributed by atoms with van der Waals surface area (Å²) in [5.41, 5.74) is 1.11. The van der Waals surface area contributed by atoms with Crippen molar-refractivity contribution in [1.82, 2.24) is 10.2 Å². The molecule has 0 saturated carbocycles. The number of benzene rings is 2. The van der Waals surface area contributed by atoms with Crippen LogP contribution >= 0.6 is 11.6 Å². The van der Waals surface area contributed by atoms with Crippen molar-refractivity contribution in [2.45, 2.75) is 19.4 Å². The summed E-state index contributed by atoms with van der Waals surface area (Å²) in [5, 5.41) is 3.20. The van der Waals surface area contributed by atoms with Crippen molar-refractivity contribution in [3.63, 3.8) is 0 Å². The van der Waals surface area contributed by atoms with Gasteiger partial charge in [0, 0.05) is 7.05 Å². The highest BCUT2D eigenvalue weighted by atomic mass is 35.5. The molecule has 2 aromatic carbocycles. The van der Waals surface area contributed by atoms with Gasteiger partial charge < -0.3 is 15.0 Å². The molecule has 0 aliphatic heterocycles. The van der Waals surface area contributed by atoms with Gasteiger partial charge >= 0.3 is 5.97 Å². The number of nitrogens with zero attached hydrogens (tertiary/aromatic N) is 1. The first kappa shape index (κ1) is 21.4. The summed E-state index contributed by atoms with van der Waals surface area (Å²) in [4.78, 5) is 38.2. The summed E-state index contributed by atoms with van der Waals surface area (Å²) in [5.74, 6) is -1.14. The summed E-state index contributed by atoms with van der Waals surface area (Å²) >= 11 is 6.10. The molecule has 0 saturated heterocycles. The summed E-state index contributed by atoms with van der Waals surface area (Å²) in [6.07, 6.45) is -0.00386. The van der Waals surface area contributed by atoms with Crippen LogP contribution in [0.15, 0.2) is 54.6 Å². The van der Waals surface area contributed by atoms with E-state index in [1.165, 1.54) is 11.9 Å². The van der Waals surface area contributed by atoms with Crippen LogP contribution in [-0.4, -0.2) is 42.9 Å². The second-order valence-corrected chi connectivity index (χ2v) is 6.58. The van der Waals surface area contributed by atoms with Crippen LogP contribution in [0, 0.1) is 0 Å². The van der Waals surface area contributed by atoms with Gasteiger partial charge in [0.25, 0.3) is 5.91 Å². The van der Waals surface area contributed by atoms with Gasteiger partial charge in [0.05, 0.1) is 29.7 Å². The Kier molecular flexibility index (Phi) is 8.02. The monoisotopic (exact) mass is 402 g/mol. The van der Waals surface area contributed by atoms with Gasteiger partial charge in [0.2, 0.25) is 5.91 Å². The second-order valence-electron chi connectivity index (χ2n) is 6.18. The number of likely N-dealkylation sites (N-methyl/N-ethyl adjacent to an activating group) is 1. The highest BCUT2D eigenvalue weighted by molar-refractivity contribution is 6.33. The first-order valence-corrected chi connectivity index (χ1v) is 9.30. The number of amides is 2. The van der Waals surface area contributed by atoms with E-state index in [1.54, 1.807) is 31.2 Å². The Labute approximate surface area is 169 Å². The molecule has 7 heteroatoms. The highest BCUT2D eigenvalue weighted by Crippen LogP contribution is 2.21. The molecule has 2 amide bonds. The fraction of sp³-hybridized carbons (Fsp3) is 0.286. The third-order valence-corrected chi connectivity index (χ3v) is 4.43. The Morgan fingerprint density at radius 1 is 1.07 bits per heavy atom. The number of rotatable bonds is 8. The van der Waals surface area contributed by atoms with Gasteiger partial charge in [-0.2, -0.15) is 0 Å². The molecule has 2 rings (SSSR count). The topological polar surface area (TPSA) is 75.7 Å². The average molecular weight is 403 g/mol. The third-order valence-electron chi connectivity index (χ3n) is 4.10. The molecule has 0 aromatic heterocycles. The normalized spacial score (nSPS) is 11.4. The predicted molar refractivity (Wildman–Crippen MR) is 107 cm³/mol. The number of ether oxygens (including phenoxy) is 1. The maximum absolute atomic E-state index is 12.7. The SMILES string of the molecule is CCOC(=O)CN(C)C(=O)CC(NC(=O)c1ccccc1Cl)c1ccccc1. The molecule has 0 aliphatic carbocycles. The number of hydrogen-bond acceptors (Lipinski definition) is 4. The van der Waals surface area contributed by atoms with Gasteiger partial charge in [-0.1, -0.05) is 54.1 Å². The van der Waals surface area contributed by atoms with Gasteiger partial charge in [-0.3, -0.25) is 14.4 Å². The number of esters is 1. The van der Waals surface area contributed by atoms with Gasteiger partial charge in [-0.15, -0.1) is 0 Å². The van der Waals surface area contributed by atoms with Gasteiger partial charge in [-0.05, 0) is 24.6 Å². The van der Waals surface area contributed by atoms with Crippen LogP contribution in [0.5, 0.6) is 0 Å². The summed E-state index contributed by atoms with van der Waals surface area (Å²) in [6, 6.07) is 15.3. The molecule has 0 heterocycles. The number of carbonyl (C=O) groups excluding carboxylic acids is 3. The van der Waals surface area contributed by atoms with E-state index < -0.39 is 12.0 Å². The molecule has 1 unspecified atom stereocenters. The van der Waals surface area contributed by atoms with Crippen LogP contribution in [0.2, 0.25) is 5.02 Å². The Bertz CT molecular complexity index is 826. The van der Waals surface area contributed by atoms with Crippen molar-refractivity contribution in [2.24, 2.45) is 0 Å². The van der Waals surface area contributed by atoms with Gasteiger partial charge in [0.15, 0.2) is 0 Å². The molecular weight excluding hydrogens is 380 g/mol. The quantitative estimate of drug-likeness (QED) is 0.688. The Balaban J connectivity index is 2.14. The molecule has 28 heavy (non-hydrogen) atoms. The Hall–Kier alpha value is -2.86. The van der Waals surface area contributed by atoms with Crippen molar-refractivity contribution < 1.29 is 19.1 Å². The average Bonchev–Trinajstić information content (AvgIpc) is 2.68. The number of hydrogen-bond donors (Lipinski definition) is 1. The first-order chi connectivity index (χ1) is 13.4. The maximum Gasteiger partial charge on any atom is 0.325 e. The van der Waals surface area contributed by atoms with E-state index in [-0.39, 0.29) is 31.4 Å². The van der Waals surface area contributed by atoms with E-state index in [0.717, 1.165) is 5.56 Å². The molecule has 0 radical (unpaired) electrons. The molecule has 148 valence electrons. The fourth-order valence-corrected chi connectivity index (χ4v) is 2.86. The minimum absolute atomic E-state index is 0.00386. The van der Waals surface area contributed by atoms with Crippen LogP contribution in [0.4, 0.5) is 0 Å². The third kappa shape index (κ3) is 6.09. The van der Waals surface area contributed by atoms with Crippen molar-refractivity contribution in [2.75, 3.05) is 20.2 Å². The number of halogens is 1. The fourth-order valence-electron chi connectivity index (χ4n) is 2.64. The zero-order chi connectivity index (χ0) is 20.5. The maximum atomic E-state index is 12.7. The number of nitrogens with one attached hydrogen (secondary N) is 1. The summed E-state index contributed by atoms with van der Waals surface area (Å²) in [6.45, 7) is 1.81. The van der Waals surface area contributed by atoms with Crippen molar-refractivity contribution >= 4 is 29.4 Å². The first-order valence-electron chi connectivity index (χ1n) is 8.92. The standard InChI is InChI=1S/C21H23ClN2O4/c1-3-28-20(26)14-24(2)19(25)13-18(15-9-5-4-6-10-15)23-21(27)16-11-7-8-12-17(16)22/h4-12,18H,3,13-14H2,1-2H3,(H,23,27). The molecule has 0 fully saturated rings. The molecule has 2 aromatic rings. The zero-order valence-corrected chi connectivity index (χ0v) is 16.6. The minimum atomic E-state index is -0.567. The van der Waals surface area contributed by atoms with Crippen molar-refractivity contribution in [3.05, 3.63) is 70.7 Å². The van der Waals surface area contributed by atoms with Crippen molar-refractivity contribution in [1.29, 1.82) is 0 Å². The number of carbonyl (C=O) groups is 3. The lowest BCUT2D eigenvalue weighted by Gasteiger charge is -2.23. The van der Waals surface area contributed by atoms with E-state index in [9.17, 15) is 14.4 Å². The molecule has 1 N–H and O–H groups in total. The van der Waals surface area contributed by atoms with E-state index in [4.69, 9.17) is 16.3 Å². The molecule has 6 nitrogen and oxygen atoms in total. The predicted octanol–water partition coefficient (Wildman–Crippen LogP) is 3.22. The molecule has 0 bridgehead atoms. The van der Waals surface area contributed by atoms with Crippen molar-refractivity contribution in [3.8, 4) is 0 Å². The summed E-state index contributed by atoms with van der Waals surface area (Å²) in [7, 11) is 1.52. The van der Waals surface area contributed by atoms with Gasteiger partial charge in [0.1, 0.15) is 6.54 Å². The van der Waals surface area contributed by atoms with E-state index >= 15 is 0 Å². The molecular formula is C21H23ClN2O4. The van der Waals surface area contributed by atoms with E-state index in [1.807, 2.05) is 30.3 Å². The van der Waals surface area contributed by atoms with Crippen LogP contribution in [0.1, 0.15) is 35.3 Å². The van der Waals surface area contributed by atoms with Gasteiger partial charge in [-0.25, -0.2) is 0 Å². The second kappa shape index (κ2) is 10.5. The lowest BCUT2D eigenvalue weighted by molar-refractivity contribution is -0.148. The lowest BCUT2D eigenvalue weighted by atomic mass is 10.0. The van der Waals surface area contributed by atoms with Crippen LogP contribution in [0.3, 0.4) is 0 Å². The molecule has 0 spiro atoms. The smallest absolute Gasteiger partial charge is 0.325 e.